The second-order valence-corrected chi connectivity index (χ2v) is 18.0. The molecular weight excluding hydrogens is 839 g/mol. The van der Waals surface area contributed by atoms with Crippen molar-refractivity contribution in [3.8, 4) is 67.3 Å². The van der Waals surface area contributed by atoms with Crippen molar-refractivity contribution in [2.45, 2.75) is 5.41 Å². The number of anilines is 3. The maximum Gasteiger partial charge on any atom is 0.160 e. The molecule has 4 heteroatoms. The first-order chi connectivity index (χ1) is 34.2. The van der Waals surface area contributed by atoms with Crippen LogP contribution in [0.4, 0.5) is 17.1 Å². The number of benzene rings is 10. The van der Waals surface area contributed by atoms with Gasteiger partial charge in [0.15, 0.2) is 5.82 Å². The quantitative estimate of drug-likeness (QED) is 0.167. The van der Waals surface area contributed by atoms with E-state index in [1.807, 2.05) is 18.2 Å². The minimum Gasteiger partial charge on any atom is -0.455 e. The molecule has 14 rings (SSSR count). The Morgan fingerprint density at radius 2 is 0.855 bits per heavy atom. The normalized spacial score (nSPS) is 13.0. The van der Waals surface area contributed by atoms with Gasteiger partial charge in [0.2, 0.25) is 0 Å². The van der Waals surface area contributed by atoms with E-state index in [1.54, 1.807) is 0 Å². The van der Waals surface area contributed by atoms with E-state index >= 15 is 0 Å². The summed E-state index contributed by atoms with van der Waals surface area (Å²) in [4.78, 5) is 12.9. The van der Waals surface area contributed by atoms with Crippen LogP contribution in [0.2, 0.25) is 0 Å². The monoisotopic (exact) mass is 879 g/mol. The molecule has 0 fully saturated rings. The lowest BCUT2D eigenvalue weighted by molar-refractivity contribution is 0.670. The fraction of sp³-hybridized carbons (Fsp3) is 0.0154. The third-order valence-corrected chi connectivity index (χ3v) is 14.3. The van der Waals surface area contributed by atoms with Gasteiger partial charge in [0, 0.05) is 38.7 Å². The Kier molecular flexibility index (Phi) is 8.77. The van der Waals surface area contributed by atoms with Crippen LogP contribution in [0.25, 0.3) is 89.2 Å². The van der Waals surface area contributed by atoms with Crippen molar-refractivity contribution >= 4 is 39.0 Å². The van der Waals surface area contributed by atoms with Crippen molar-refractivity contribution < 1.29 is 4.42 Å². The number of aromatic nitrogens is 2. The predicted molar refractivity (Wildman–Crippen MR) is 282 cm³/mol. The van der Waals surface area contributed by atoms with Gasteiger partial charge in [-0.25, -0.2) is 9.97 Å². The van der Waals surface area contributed by atoms with E-state index < -0.39 is 5.41 Å². The van der Waals surface area contributed by atoms with Gasteiger partial charge in [0.1, 0.15) is 11.2 Å². The molecule has 1 spiro atoms. The van der Waals surface area contributed by atoms with Gasteiger partial charge < -0.3 is 9.32 Å². The summed E-state index contributed by atoms with van der Waals surface area (Å²) in [6, 6.07) is 89.2. The molecule has 0 saturated heterocycles. The molecule has 12 aromatic rings. The van der Waals surface area contributed by atoms with Gasteiger partial charge in [-0.2, -0.15) is 0 Å². The van der Waals surface area contributed by atoms with Crippen LogP contribution >= 0.6 is 0 Å². The summed E-state index contributed by atoms with van der Waals surface area (Å²) in [6.45, 7) is 0. The minimum absolute atomic E-state index is 0.492. The van der Waals surface area contributed by atoms with Crippen molar-refractivity contribution in [1.29, 1.82) is 0 Å². The van der Waals surface area contributed by atoms with Gasteiger partial charge in [0.25, 0.3) is 0 Å². The molecule has 2 aromatic heterocycles. The Morgan fingerprint density at radius 3 is 1.59 bits per heavy atom. The number of furan rings is 1. The van der Waals surface area contributed by atoms with Crippen LogP contribution in [0.15, 0.2) is 253 Å². The second kappa shape index (κ2) is 15.5. The fourth-order valence-electron chi connectivity index (χ4n) is 11.2. The molecular formula is C65H41N3O. The molecule has 1 aliphatic heterocycles. The highest BCUT2D eigenvalue weighted by Crippen LogP contribution is 2.63. The fourth-order valence-corrected chi connectivity index (χ4v) is 11.2. The molecule has 2 aliphatic rings. The van der Waals surface area contributed by atoms with E-state index in [1.165, 1.54) is 39.1 Å². The summed E-state index contributed by atoms with van der Waals surface area (Å²) in [6.07, 6.45) is 0. The van der Waals surface area contributed by atoms with E-state index in [0.717, 1.165) is 83.6 Å². The Morgan fingerprint density at radius 1 is 0.333 bits per heavy atom. The molecule has 69 heavy (non-hydrogen) atoms. The first-order valence-electron chi connectivity index (χ1n) is 23.6. The third-order valence-electron chi connectivity index (χ3n) is 14.3. The first kappa shape index (κ1) is 39.1. The smallest absolute Gasteiger partial charge is 0.160 e. The van der Waals surface area contributed by atoms with Crippen LogP contribution in [0.3, 0.4) is 0 Å². The largest absolute Gasteiger partial charge is 0.455 e. The lowest BCUT2D eigenvalue weighted by Crippen LogP contribution is -2.36. The molecule has 10 aromatic carbocycles. The van der Waals surface area contributed by atoms with Crippen molar-refractivity contribution in [3.63, 3.8) is 0 Å². The molecule has 3 heterocycles. The number of nitrogens with zero attached hydrogens (tertiary/aromatic N) is 3. The molecule has 0 radical (unpaired) electrons. The Balaban J connectivity index is 0.871. The van der Waals surface area contributed by atoms with Gasteiger partial charge in [0.05, 0.1) is 28.2 Å². The van der Waals surface area contributed by atoms with Gasteiger partial charge in [-0.1, -0.05) is 212 Å². The zero-order chi connectivity index (χ0) is 45.5. The number of hydrogen-bond donors (Lipinski definition) is 0. The van der Waals surface area contributed by atoms with Gasteiger partial charge >= 0.3 is 0 Å². The summed E-state index contributed by atoms with van der Waals surface area (Å²) >= 11 is 0. The van der Waals surface area contributed by atoms with Crippen LogP contribution in [-0.2, 0) is 5.41 Å². The standard InChI is InChI=1S/C65H41N3O/c1-3-16-44(17-4-1)58-41-59(45-34-32-43(33-35-45)49-23-15-24-53-52-22-9-14-29-62(52)69-63(49)53)67-64(66-58)46-36-30-42(31-37-46)47-38-39-57-61(40-47)68(48-18-5-2-6-19-48)60-28-13-12-27-56(60)65(57)54-25-10-7-20-50(54)51-21-8-11-26-55(51)65/h1-41H. The summed E-state index contributed by atoms with van der Waals surface area (Å²) in [5, 5.41) is 2.24. The van der Waals surface area contributed by atoms with Crippen LogP contribution in [0, 0.1) is 0 Å². The van der Waals surface area contributed by atoms with E-state index in [2.05, 4.69) is 235 Å². The molecule has 0 unspecified atom stereocenters. The zero-order valence-corrected chi connectivity index (χ0v) is 37.4. The predicted octanol–water partition coefficient (Wildman–Crippen LogP) is 16.9. The molecule has 322 valence electrons. The molecule has 0 amide bonds. The first-order valence-corrected chi connectivity index (χ1v) is 23.6. The Bertz CT molecular complexity index is 3900. The summed E-state index contributed by atoms with van der Waals surface area (Å²) in [5.74, 6) is 0.673. The van der Waals surface area contributed by atoms with Gasteiger partial charge in [-0.15, -0.1) is 0 Å². The highest BCUT2D eigenvalue weighted by Gasteiger charge is 2.51. The minimum atomic E-state index is -0.492. The average Bonchev–Trinajstić information content (AvgIpc) is 3.96. The van der Waals surface area contributed by atoms with Crippen molar-refractivity contribution in [3.05, 3.63) is 271 Å². The lowest BCUT2D eigenvalue weighted by atomic mass is 9.64. The highest BCUT2D eigenvalue weighted by atomic mass is 16.3. The maximum absolute atomic E-state index is 6.40. The highest BCUT2D eigenvalue weighted by molar-refractivity contribution is 6.09. The maximum atomic E-state index is 6.40. The average molecular weight is 880 g/mol. The summed E-state index contributed by atoms with van der Waals surface area (Å²) in [7, 11) is 0. The van der Waals surface area contributed by atoms with Gasteiger partial charge in [-0.05, 0) is 86.5 Å². The zero-order valence-electron chi connectivity index (χ0n) is 37.4. The van der Waals surface area contributed by atoms with Crippen LogP contribution in [0.5, 0.6) is 0 Å². The number of hydrogen-bond acceptors (Lipinski definition) is 4. The SMILES string of the molecule is c1ccc(-c2cc(-c3ccc(-c4cccc5c4oc4ccccc45)cc3)nc(-c3ccc(-c4ccc5c(c4)N(c4ccccc4)c4ccccc4C54c5ccccc5-c5ccccc54)cc3)n2)cc1. The van der Waals surface area contributed by atoms with E-state index in [-0.39, 0.29) is 0 Å². The summed E-state index contributed by atoms with van der Waals surface area (Å²) in [5.41, 5.74) is 21.6. The molecule has 0 saturated carbocycles. The van der Waals surface area contributed by atoms with E-state index in [0.29, 0.717) is 5.82 Å². The van der Waals surface area contributed by atoms with Crippen molar-refractivity contribution in [2.24, 2.45) is 0 Å². The van der Waals surface area contributed by atoms with Crippen LogP contribution in [0.1, 0.15) is 22.3 Å². The molecule has 1 aliphatic carbocycles. The third kappa shape index (κ3) is 6.02. The Labute approximate surface area is 400 Å². The number of rotatable bonds is 6. The van der Waals surface area contributed by atoms with E-state index in [9.17, 15) is 0 Å². The topological polar surface area (TPSA) is 42.2 Å². The molecule has 0 bridgehead atoms. The number of fused-ring (bicyclic) bond motifs is 12. The van der Waals surface area contributed by atoms with Gasteiger partial charge in [-0.3, -0.25) is 0 Å². The van der Waals surface area contributed by atoms with Crippen molar-refractivity contribution in [1.82, 2.24) is 9.97 Å². The van der Waals surface area contributed by atoms with E-state index in [4.69, 9.17) is 14.4 Å². The van der Waals surface area contributed by atoms with Crippen LogP contribution < -0.4 is 4.90 Å². The molecule has 4 nitrogen and oxygen atoms in total. The lowest BCUT2D eigenvalue weighted by Gasteiger charge is -2.45. The van der Waals surface area contributed by atoms with Crippen LogP contribution in [-0.4, -0.2) is 9.97 Å². The summed E-state index contributed by atoms with van der Waals surface area (Å²) < 4.78 is 6.40. The Hall–Kier alpha value is -9.12. The van der Waals surface area contributed by atoms with Crippen molar-refractivity contribution in [2.75, 3.05) is 4.90 Å². The second-order valence-electron chi connectivity index (χ2n) is 18.0. The number of para-hydroxylation sites is 4. The molecule has 0 atom stereocenters. The molecule has 0 N–H and O–H groups in total.